The summed E-state index contributed by atoms with van der Waals surface area (Å²) in [5, 5.41) is 8.23. The number of para-hydroxylation sites is 1. The minimum absolute atomic E-state index is 0.0536. The lowest BCUT2D eigenvalue weighted by molar-refractivity contribution is -0.116. The van der Waals surface area contributed by atoms with Crippen molar-refractivity contribution in [1.29, 1.82) is 0 Å². The standard InChI is InChI=1S/C23H26N4O2/c1-16(2)17-9-11-18(12-10-17)24-21(28)15-27-20-8-4-3-7-19(20)22(25-27)23(29)26-13-5-6-14-26/h3-4,7-12,16H,5-6,13-15H2,1-2H3,(H,24,28). The van der Waals surface area contributed by atoms with Crippen molar-refractivity contribution in [2.45, 2.75) is 39.2 Å². The number of hydrogen-bond donors (Lipinski definition) is 1. The van der Waals surface area contributed by atoms with Gasteiger partial charge in [0.1, 0.15) is 6.54 Å². The Kier molecular flexibility index (Phi) is 5.34. The largest absolute Gasteiger partial charge is 0.337 e. The molecule has 3 aromatic rings. The fourth-order valence-electron chi connectivity index (χ4n) is 3.76. The third kappa shape index (κ3) is 4.01. The van der Waals surface area contributed by atoms with Crippen LogP contribution in [-0.2, 0) is 11.3 Å². The van der Waals surface area contributed by atoms with Crippen LogP contribution in [0.15, 0.2) is 48.5 Å². The maximum absolute atomic E-state index is 12.9. The number of rotatable bonds is 5. The zero-order valence-electron chi connectivity index (χ0n) is 16.9. The molecule has 0 saturated carbocycles. The van der Waals surface area contributed by atoms with Gasteiger partial charge in [-0.1, -0.05) is 44.2 Å². The van der Waals surface area contributed by atoms with E-state index in [0.717, 1.165) is 42.5 Å². The smallest absolute Gasteiger partial charge is 0.275 e. The SMILES string of the molecule is CC(C)c1ccc(NC(=O)Cn2nc(C(=O)N3CCCC3)c3ccccc32)cc1. The number of nitrogens with zero attached hydrogens (tertiary/aromatic N) is 3. The molecule has 1 aliphatic rings. The second kappa shape index (κ2) is 8.07. The summed E-state index contributed by atoms with van der Waals surface area (Å²) in [6.45, 7) is 5.87. The van der Waals surface area contributed by atoms with Gasteiger partial charge in [-0.3, -0.25) is 14.3 Å². The molecule has 0 spiro atoms. The van der Waals surface area contributed by atoms with Crippen LogP contribution in [0.2, 0.25) is 0 Å². The van der Waals surface area contributed by atoms with Crippen molar-refractivity contribution in [2.24, 2.45) is 0 Å². The van der Waals surface area contributed by atoms with Crippen LogP contribution in [0.3, 0.4) is 0 Å². The van der Waals surface area contributed by atoms with Gasteiger partial charge in [-0.05, 0) is 42.5 Å². The van der Waals surface area contributed by atoms with Crippen molar-refractivity contribution in [3.63, 3.8) is 0 Å². The van der Waals surface area contributed by atoms with E-state index in [1.807, 2.05) is 53.4 Å². The summed E-state index contributed by atoms with van der Waals surface area (Å²) in [6, 6.07) is 15.5. The predicted molar refractivity (Wildman–Crippen MR) is 114 cm³/mol. The van der Waals surface area contributed by atoms with Crippen molar-refractivity contribution in [3.05, 3.63) is 59.8 Å². The van der Waals surface area contributed by atoms with E-state index in [2.05, 4.69) is 24.3 Å². The number of carbonyl (C=O) groups is 2. The highest BCUT2D eigenvalue weighted by molar-refractivity contribution is 6.05. The first kappa shape index (κ1) is 19.2. The van der Waals surface area contributed by atoms with Gasteiger partial charge >= 0.3 is 0 Å². The van der Waals surface area contributed by atoms with Gasteiger partial charge in [0.2, 0.25) is 5.91 Å². The van der Waals surface area contributed by atoms with Gasteiger partial charge in [0.05, 0.1) is 5.52 Å². The number of aromatic nitrogens is 2. The van der Waals surface area contributed by atoms with E-state index in [1.54, 1.807) is 4.68 Å². The second-order valence-electron chi connectivity index (χ2n) is 7.85. The van der Waals surface area contributed by atoms with Gasteiger partial charge in [-0.15, -0.1) is 0 Å². The van der Waals surface area contributed by atoms with Gasteiger partial charge in [-0.2, -0.15) is 5.10 Å². The number of carbonyl (C=O) groups excluding carboxylic acids is 2. The Bertz CT molecular complexity index is 1030. The lowest BCUT2D eigenvalue weighted by Gasteiger charge is -2.13. The first-order valence-corrected chi connectivity index (χ1v) is 10.2. The average molecular weight is 390 g/mol. The molecule has 0 unspecified atom stereocenters. The van der Waals surface area contributed by atoms with Crippen molar-refractivity contribution in [3.8, 4) is 0 Å². The zero-order valence-corrected chi connectivity index (χ0v) is 16.9. The number of likely N-dealkylation sites (tertiary alicyclic amines) is 1. The van der Waals surface area contributed by atoms with Crippen molar-refractivity contribution >= 4 is 28.4 Å². The van der Waals surface area contributed by atoms with Crippen LogP contribution in [0.25, 0.3) is 10.9 Å². The summed E-state index contributed by atoms with van der Waals surface area (Å²) >= 11 is 0. The summed E-state index contributed by atoms with van der Waals surface area (Å²) in [4.78, 5) is 27.3. The van der Waals surface area contributed by atoms with Crippen molar-refractivity contribution in [1.82, 2.24) is 14.7 Å². The van der Waals surface area contributed by atoms with E-state index < -0.39 is 0 Å². The fraction of sp³-hybridized carbons (Fsp3) is 0.348. The summed E-state index contributed by atoms with van der Waals surface area (Å²) < 4.78 is 1.62. The number of hydrogen-bond acceptors (Lipinski definition) is 3. The molecule has 1 aliphatic heterocycles. The highest BCUT2D eigenvalue weighted by atomic mass is 16.2. The Morgan fingerprint density at radius 1 is 1.03 bits per heavy atom. The van der Waals surface area contributed by atoms with Crippen LogP contribution in [-0.4, -0.2) is 39.6 Å². The van der Waals surface area contributed by atoms with E-state index in [1.165, 1.54) is 5.56 Å². The first-order valence-electron chi connectivity index (χ1n) is 10.2. The monoisotopic (exact) mass is 390 g/mol. The van der Waals surface area contributed by atoms with Gasteiger partial charge < -0.3 is 10.2 Å². The molecule has 2 heterocycles. The molecule has 1 saturated heterocycles. The number of amides is 2. The predicted octanol–water partition coefficient (Wildman–Crippen LogP) is 4.03. The quantitative estimate of drug-likeness (QED) is 0.715. The van der Waals surface area contributed by atoms with Crippen LogP contribution in [0.5, 0.6) is 0 Å². The van der Waals surface area contributed by atoms with Gasteiger partial charge in [0.25, 0.3) is 5.91 Å². The summed E-state index contributed by atoms with van der Waals surface area (Å²) in [6.07, 6.45) is 2.06. The molecule has 2 amide bonds. The Morgan fingerprint density at radius 2 is 1.72 bits per heavy atom. The van der Waals surface area contributed by atoms with Crippen molar-refractivity contribution in [2.75, 3.05) is 18.4 Å². The molecule has 29 heavy (non-hydrogen) atoms. The Hall–Kier alpha value is -3.15. The Morgan fingerprint density at radius 3 is 2.41 bits per heavy atom. The molecule has 6 heteroatoms. The third-order valence-corrected chi connectivity index (χ3v) is 5.41. The summed E-state index contributed by atoms with van der Waals surface area (Å²) in [5.74, 6) is 0.222. The van der Waals surface area contributed by atoms with E-state index in [9.17, 15) is 9.59 Å². The van der Waals surface area contributed by atoms with Gasteiger partial charge in [0, 0.05) is 24.2 Å². The van der Waals surface area contributed by atoms with Crippen LogP contribution < -0.4 is 5.32 Å². The normalized spacial score (nSPS) is 14.0. The molecular weight excluding hydrogens is 364 g/mol. The fourth-order valence-corrected chi connectivity index (χ4v) is 3.76. The van der Waals surface area contributed by atoms with Crippen molar-refractivity contribution < 1.29 is 9.59 Å². The minimum atomic E-state index is -0.171. The van der Waals surface area contributed by atoms with E-state index >= 15 is 0 Å². The zero-order chi connectivity index (χ0) is 20.4. The maximum Gasteiger partial charge on any atom is 0.275 e. The van der Waals surface area contributed by atoms with Crippen LogP contribution in [0.4, 0.5) is 5.69 Å². The number of nitrogens with one attached hydrogen (secondary N) is 1. The van der Waals surface area contributed by atoms with Gasteiger partial charge in [0.15, 0.2) is 5.69 Å². The molecule has 2 aromatic carbocycles. The minimum Gasteiger partial charge on any atom is -0.337 e. The van der Waals surface area contributed by atoms with Crippen LogP contribution in [0, 0.1) is 0 Å². The summed E-state index contributed by atoms with van der Waals surface area (Å²) in [7, 11) is 0. The number of benzene rings is 2. The molecule has 0 bridgehead atoms. The molecule has 1 fully saturated rings. The number of anilines is 1. The lowest BCUT2D eigenvalue weighted by Crippen LogP contribution is -2.28. The highest BCUT2D eigenvalue weighted by Crippen LogP contribution is 2.22. The molecule has 150 valence electrons. The molecule has 0 radical (unpaired) electrons. The van der Waals surface area contributed by atoms with Crippen LogP contribution >= 0.6 is 0 Å². The second-order valence-corrected chi connectivity index (χ2v) is 7.85. The highest BCUT2D eigenvalue weighted by Gasteiger charge is 2.25. The number of fused-ring (bicyclic) bond motifs is 1. The van der Waals surface area contributed by atoms with E-state index in [-0.39, 0.29) is 18.4 Å². The summed E-state index contributed by atoms with van der Waals surface area (Å²) in [5.41, 5.74) is 3.20. The maximum atomic E-state index is 12.9. The van der Waals surface area contributed by atoms with E-state index in [4.69, 9.17) is 0 Å². The van der Waals surface area contributed by atoms with Crippen LogP contribution in [0.1, 0.15) is 48.7 Å². The topological polar surface area (TPSA) is 67.2 Å². The average Bonchev–Trinajstić information content (AvgIpc) is 3.37. The molecule has 4 rings (SSSR count). The molecule has 6 nitrogen and oxygen atoms in total. The third-order valence-electron chi connectivity index (χ3n) is 5.41. The Labute approximate surface area is 170 Å². The Balaban J connectivity index is 1.54. The molecule has 1 N–H and O–H groups in total. The molecular formula is C23H26N4O2. The molecule has 1 aromatic heterocycles. The first-order chi connectivity index (χ1) is 14.0. The van der Waals surface area contributed by atoms with Gasteiger partial charge in [-0.25, -0.2) is 0 Å². The van der Waals surface area contributed by atoms with E-state index in [0.29, 0.717) is 11.6 Å². The molecule has 0 aliphatic carbocycles. The lowest BCUT2D eigenvalue weighted by atomic mass is 10.0. The molecule has 0 atom stereocenters.